The molecule has 0 radical (unpaired) electrons. The second-order valence-corrected chi connectivity index (χ2v) is 9.25. The number of rotatable bonds is 10. The third-order valence-electron chi connectivity index (χ3n) is 4.01. The molecular weight excluding hydrogens is 294 g/mol. The van der Waals surface area contributed by atoms with E-state index < -0.39 is 8.80 Å². The van der Waals surface area contributed by atoms with Crippen molar-refractivity contribution in [2.24, 2.45) is 0 Å². The first-order valence-electron chi connectivity index (χ1n) is 7.59. The summed E-state index contributed by atoms with van der Waals surface area (Å²) in [5, 5.41) is 0. The van der Waals surface area contributed by atoms with Crippen molar-refractivity contribution in [1.29, 1.82) is 0 Å². The molecule has 0 saturated heterocycles. The maximum atomic E-state index is 5.47. The van der Waals surface area contributed by atoms with Gasteiger partial charge in [-0.2, -0.15) is 0 Å². The van der Waals surface area contributed by atoms with E-state index in [2.05, 4.69) is 44.9 Å². The fourth-order valence-electron chi connectivity index (χ4n) is 2.61. The molecule has 0 bridgehead atoms. The van der Waals surface area contributed by atoms with Crippen LogP contribution in [0.2, 0.25) is 6.04 Å². The van der Waals surface area contributed by atoms with Crippen LogP contribution in [0.15, 0.2) is 30.8 Å². The lowest BCUT2D eigenvalue weighted by Crippen LogP contribution is -2.45. The molecule has 1 aromatic carbocycles. The predicted molar refractivity (Wildman–Crippen MR) is 93.4 cm³/mol. The largest absolute Gasteiger partial charge is 0.500 e. The summed E-state index contributed by atoms with van der Waals surface area (Å²) in [5.74, 6) is 0. The second kappa shape index (κ2) is 8.60. The Morgan fingerprint density at radius 3 is 2.05 bits per heavy atom. The molecule has 1 rings (SSSR count). The lowest BCUT2D eigenvalue weighted by molar-refractivity contribution is -0.903. The maximum absolute atomic E-state index is 5.47. The molecule has 0 atom stereocenters. The minimum absolute atomic E-state index is 0.841. The van der Waals surface area contributed by atoms with E-state index in [1.165, 1.54) is 5.56 Å². The molecule has 0 heterocycles. The van der Waals surface area contributed by atoms with E-state index in [-0.39, 0.29) is 0 Å². The molecule has 0 aromatic heterocycles. The first kappa shape index (κ1) is 19.1. The standard InChI is InChI=1S/C17H30NO3Si/c1-7-16-9-11-17(12-10-16)15-18(2,3)13-8-14-22(19-4,20-5)21-6/h7,9-12H,1,8,13-15H2,2-6H3/q+1. The Morgan fingerprint density at radius 2 is 1.59 bits per heavy atom. The van der Waals surface area contributed by atoms with E-state index in [0.717, 1.165) is 35.6 Å². The average molecular weight is 325 g/mol. The van der Waals surface area contributed by atoms with Crippen LogP contribution in [0.4, 0.5) is 0 Å². The van der Waals surface area contributed by atoms with Crippen LogP contribution in [0.1, 0.15) is 17.5 Å². The first-order valence-corrected chi connectivity index (χ1v) is 9.52. The van der Waals surface area contributed by atoms with E-state index in [1.54, 1.807) is 21.3 Å². The molecule has 0 saturated carbocycles. The number of hydrogen-bond donors (Lipinski definition) is 0. The Hall–Kier alpha value is -0.983. The third-order valence-corrected chi connectivity index (χ3v) is 6.84. The third kappa shape index (κ3) is 5.66. The van der Waals surface area contributed by atoms with Crippen molar-refractivity contribution in [2.45, 2.75) is 19.0 Å². The van der Waals surface area contributed by atoms with Crippen molar-refractivity contribution in [2.75, 3.05) is 42.0 Å². The van der Waals surface area contributed by atoms with E-state index in [4.69, 9.17) is 13.3 Å². The highest BCUT2D eigenvalue weighted by atomic mass is 28.4. The highest BCUT2D eigenvalue weighted by molar-refractivity contribution is 6.60. The normalized spacial score (nSPS) is 12.4. The predicted octanol–water partition coefficient (Wildman–Crippen LogP) is 3.17. The Bertz CT molecular complexity index is 447. The van der Waals surface area contributed by atoms with E-state index in [1.807, 2.05) is 6.08 Å². The molecule has 0 aliphatic heterocycles. The van der Waals surface area contributed by atoms with Gasteiger partial charge in [0.1, 0.15) is 6.54 Å². The lowest BCUT2D eigenvalue weighted by Gasteiger charge is -2.31. The molecule has 0 N–H and O–H groups in total. The van der Waals surface area contributed by atoms with Crippen molar-refractivity contribution < 1.29 is 17.8 Å². The molecule has 4 nitrogen and oxygen atoms in total. The van der Waals surface area contributed by atoms with Gasteiger partial charge in [-0.3, -0.25) is 0 Å². The molecular formula is C17H30NO3Si+. The highest BCUT2D eigenvalue weighted by Crippen LogP contribution is 2.18. The molecule has 0 fully saturated rings. The van der Waals surface area contributed by atoms with Crippen LogP contribution in [-0.2, 0) is 19.8 Å². The van der Waals surface area contributed by atoms with Crippen LogP contribution in [0, 0.1) is 0 Å². The van der Waals surface area contributed by atoms with Gasteiger partial charge >= 0.3 is 8.80 Å². The molecule has 124 valence electrons. The van der Waals surface area contributed by atoms with Gasteiger partial charge in [-0.05, 0) is 5.56 Å². The number of benzene rings is 1. The molecule has 0 unspecified atom stereocenters. The van der Waals surface area contributed by atoms with Gasteiger partial charge < -0.3 is 17.8 Å². The zero-order valence-corrected chi connectivity index (χ0v) is 15.6. The molecule has 1 aromatic rings. The first-order chi connectivity index (χ1) is 10.4. The molecule has 0 aliphatic rings. The van der Waals surface area contributed by atoms with Gasteiger partial charge in [-0.1, -0.05) is 36.9 Å². The SMILES string of the molecule is C=Cc1ccc(C[N+](C)(C)CCC[Si](OC)(OC)OC)cc1. The van der Waals surface area contributed by atoms with Crippen molar-refractivity contribution in [3.8, 4) is 0 Å². The molecule has 5 heteroatoms. The Morgan fingerprint density at radius 1 is 1.05 bits per heavy atom. The Kier molecular flexibility index (Phi) is 7.45. The summed E-state index contributed by atoms with van der Waals surface area (Å²) in [4.78, 5) is 0. The Labute approximate surface area is 136 Å². The smallest absolute Gasteiger partial charge is 0.377 e. The van der Waals surface area contributed by atoms with Gasteiger partial charge in [-0.15, -0.1) is 0 Å². The van der Waals surface area contributed by atoms with Crippen molar-refractivity contribution in [1.82, 2.24) is 0 Å². The monoisotopic (exact) mass is 324 g/mol. The Balaban J connectivity index is 2.54. The summed E-state index contributed by atoms with van der Waals surface area (Å²) in [6.07, 6.45) is 2.88. The summed E-state index contributed by atoms with van der Waals surface area (Å²) in [7, 11) is 7.05. The molecule has 22 heavy (non-hydrogen) atoms. The van der Waals surface area contributed by atoms with Gasteiger partial charge in [0, 0.05) is 39.4 Å². The topological polar surface area (TPSA) is 27.7 Å². The van der Waals surface area contributed by atoms with Crippen LogP contribution in [0.25, 0.3) is 6.08 Å². The average Bonchev–Trinajstić information content (AvgIpc) is 2.52. The number of hydrogen-bond acceptors (Lipinski definition) is 3. The van der Waals surface area contributed by atoms with Crippen LogP contribution in [0.3, 0.4) is 0 Å². The summed E-state index contributed by atoms with van der Waals surface area (Å²) >= 11 is 0. The van der Waals surface area contributed by atoms with Gasteiger partial charge in [0.2, 0.25) is 0 Å². The van der Waals surface area contributed by atoms with Crippen LogP contribution < -0.4 is 0 Å². The molecule has 0 spiro atoms. The van der Waals surface area contributed by atoms with Gasteiger partial charge in [-0.25, -0.2) is 0 Å². The summed E-state index contributed by atoms with van der Waals surface area (Å²) in [6.45, 7) is 5.84. The zero-order valence-electron chi connectivity index (χ0n) is 14.6. The quantitative estimate of drug-likeness (QED) is 0.489. The molecule has 0 amide bonds. The summed E-state index contributed by atoms with van der Waals surface area (Å²) < 4.78 is 17.3. The second-order valence-electron chi connectivity index (χ2n) is 6.16. The maximum Gasteiger partial charge on any atom is 0.500 e. The van der Waals surface area contributed by atoms with Crippen LogP contribution in [0.5, 0.6) is 0 Å². The van der Waals surface area contributed by atoms with E-state index in [0.29, 0.717) is 0 Å². The van der Waals surface area contributed by atoms with Crippen LogP contribution in [-0.4, -0.2) is 55.3 Å². The minimum Gasteiger partial charge on any atom is -0.377 e. The lowest BCUT2D eigenvalue weighted by atomic mass is 10.1. The van der Waals surface area contributed by atoms with Crippen LogP contribution >= 0.6 is 0 Å². The number of nitrogens with zero attached hydrogens (tertiary/aromatic N) is 1. The van der Waals surface area contributed by atoms with Crippen molar-refractivity contribution in [3.63, 3.8) is 0 Å². The minimum atomic E-state index is -2.44. The van der Waals surface area contributed by atoms with Gasteiger partial charge in [0.25, 0.3) is 0 Å². The summed E-state index contributed by atoms with van der Waals surface area (Å²) in [6, 6.07) is 9.42. The summed E-state index contributed by atoms with van der Waals surface area (Å²) in [5.41, 5.74) is 2.49. The zero-order chi connectivity index (χ0) is 16.6. The van der Waals surface area contributed by atoms with Gasteiger partial charge in [0.15, 0.2) is 0 Å². The van der Waals surface area contributed by atoms with E-state index >= 15 is 0 Å². The van der Waals surface area contributed by atoms with Crippen molar-refractivity contribution in [3.05, 3.63) is 42.0 Å². The fourth-order valence-corrected chi connectivity index (χ4v) is 4.32. The van der Waals surface area contributed by atoms with E-state index in [9.17, 15) is 0 Å². The highest BCUT2D eigenvalue weighted by Gasteiger charge is 2.37. The molecule has 0 aliphatic carbocycles. The number of quaternary nitrogens is 1. The van der Waals surface area contributed by atoms with Crippen molar-refractivity contribution >= 4 is 14.9 Å². The van der Waals surface area contributed by atoms with Gasteiger partial charge in [0.05, 0.1) is 20.6 Å². The fraction of sp³-hybridized carbons (Fsp3) is 0.529.